The molecule has 0 atom stereocenters. The first-order chi connectivity index (χ1) is 10.3. The van der Waals surface area contributed by atoms with Gasteiger partial charge in [-0.05, 0) is 31.1 Å². The van der Waals surface area contributed by atoms with E-state index in [0.717, 1.165) is 41.5 Å². The highest BCUT2D eigenvalue weighted by Crippen LogP contribution is 2.33. The zero-order valence-electron chi connectivity index (χ0n) is 12.2. The molecule has 0 aliphatic carbocycles. The van der Waals surface area contributed by atoms with Crippen LogP contribution in [0, 0.1) is 0 Å². The monoisotopic (exact) mass is 302 g/mol. The number of ether oxygens (including phenoxy) is 2. The molecule has 1 aliphatic heterocycles. The van der Waals surface area contributed by atoms with Crippen molar-refractivity contribution in [2.75, 3.05) is 26.1 Å². The second-order valence-corrected chi connectivity index (χ2v) is 5.80. The fraction of sp³-hybridized carbons (Fsp3) is 0.312. The van der Waals surface area contributed by atoms with Crippen LogP contribution in [-0.4, -0.2) is 25.7 Å². The number of thiazole rings is 1. The third kappa shape index (κ3) is 2.88. The molecule has 1 aromatic carbocycles. The lowest BCUT2D eigenvalue weighted by Gasteiger charge is -2.10. The number of rotatable bonds is 4. The molecular weight excluding hydrogens is 284 g/mol. The summed E-state index contributed by atoms with van der Waals surface area (Å²) in [6, 6.07) is 5.85. The van der Waals surface area contributed by atoms with Crippen LogP contribution in [0.15, 0.2) is 18.2 Å². The maximum absolute atomic E-state index is 5.43. The Labute approximate surface area is 128 Å². The molecule has 0 fully saturated rings. The maximum Gasteiger partial charge on any atom is 0.167 e. The van der Waals surface area contributed by atoms with Crippen LogP contribution in [0.3, 0.4) is 0 Å². The zero-order chi connectivity index (χ0) is 14.7. The number of anilines is 1. The number of hydrogen-bond acceptors (Lipinski definition) is 5. The molecule has 0 spiro atoms. The van der Waals surface area contributed by atoms with Crippen LogP contribution in [0.1, 0.15) is 22.7 Å². The van der Waals surface area contributed by atoms with Crippen molar-refractivity contribution >= 4 is 28.5 Å². The molecule has 110 valence electrons. The highest BCUT2D eigenvalue weighted by atomic mass is 32.1. The number of para-hydroxylation sites is 1. The van der Waals surface area contributed by atoms with Crippen molar-refractivity contribution in [2.45, 2.75) is 12.8 Å². The summed E-state index contributed by atoms with van der Waals surface area (Å²) in [5.74, 6) is 1.48. The van der Waals surface area contributed by atoms with E-state index in [2.05, 4.69) is 10.3 Å². The lowest BCUT2D eigenvalue weighted by molar-refractivity contribution is 0.354. The Kier molecular flexibility index (Phi) is 4.10. The van der Waals surface area contributed by atoms with E-state index >= 15 is 0 Å². The second kappa shape index (κ2) is 6.18. The van der Waals surface area contributed by atoms with Gasteiger partial charge in [0.25, 0.3) is 0 Å². The van der Waals surface area contributed by atoms with Crippen LogP contribution in [0.5, 0.6) is 11.5 Å². The van der Waals surface area contributed by atoms with E-state index in [1.165, 1.54) is 10.7 Å². The average molecular weight is 302 g/mol. The highest BCUT2D eigenvalue weighted by Gasteiger charge is 2.13. The molecule has 1 N–H and O–H groups in total. The minimum absolute atomic E-state index is 0.736. The van der Waals surface area contributed by atoms with Crippen molar-refractivity contribution in [3.8, 4) is 11.5 Å². The molecule has 0 saturated heterocycles. The Bertz CT molecular complexity index is 641. The summed E-state index contributed by atoms with van der Waals surface area (Å²) < 4.78 is 10.7. The van der Waals surface area contributed by atoms with E-state index in [9.17, 15) is 0 Å². The first-order valence-electron chi connectivity index (χ1n) is 6.94. The number of benzene rings is 1. The lowest BCUT2D eigenvalue weighted by atomic mass is 10.1. The van der Waals surface area contributed by atoms with Gasteiger partial charge in [-0.2, -0.15) is 0 Å². The van der Waals surface area contributed by atoms with Crippen molar-refractivity contribution in [2.24, 2.45) is 0 Å². The first kappa shape index (κ1) is 13.9. The van der Waals surface area contributed by atoms with Crippen LogP contribution < -0.4 is 14.8 Å². The number of aromatic nitrogens is 1. The number of aryl methyl sites for hydroxylation is 1. The third-order valence-corrected chi connectivity index (χ3v) is 4.45. The van der Waals surface area contributed by atoms with Gasteiger partial charge in [0, 0.05) is 12.1 Å². The number of hydrogen-bond donors (Lipinski definition) is 1. The van der Waals surface area contributed by atoms with Gasteiger partial charge < -0.3 is 14.8 Å². The van der Waals surface area contributed by atoms with E-state index in [0.29, 0.717) is 0 Å². The Hall–Kier alpha value is -2.01. The summed E-state index contributed by atoms with van der Waals surface area (Å²) in [6.07, 6.45) is 6.27. The van der Waals surface area contributed by atoms with Crippen LogP contribution in [0.2, 0.25) is 0 Å². The van der Waals surface area contributed by atoms with Crippen LogP contribution in [-0.2, 0) is 6.42 Å². The van der Waals surface area contributed by atoms with Gasteiger partial charge in [0.2, 0.25) is 0 Å². The molecule has 5 heteroatoms. The topological polar surface area (TPSA) is 43.4 Å². The minimum atomic E-state index is 0.736. The fourth-order valence-corrected chi connectivity index (χ4v) is 3.35. The Balaban J connectivity index is 1.87. The molecule has 0 saturated carbocycles. The quantitative estimate of drug-likeness (QED) is 0.935. The van der Waals surface area contributed by atoms with Gasteiger partial charge in [0.15, 0.2) is 11.5 Å². The van der Waals surface area contributed by atoms with Gasteiger partial charge in [0.05, 0.1) is 19.9 Å². The van der Waals surface area contributed by atoms with Crippen molar-refractivity contribution in [1.82, 2.24) is 4.98 Å². The number of nitrogens with zero attached hydrogens (tertiary/aromatic N) is 1. The second-order valence-electron chi connectivity index (χ2n) is 4.77. The molecular formula is C16H18N2O2S. The number of methoxy groups -OCH3 is 2. The van der Waals surface area contributed by atoms with E-state index in [1.54, 1.807) is 25.6 Å². The van der Waals surface area contributed by atoms with E-state index in [-0.39, 0.29) is 0 Å². The summed E-state index contributed by atoms with van der Waals surface area (Å²) in [7, 11) is 3.30. The first-order valence-corrected chi connectivity index (χ1v) is 7.76. The van der Waals surface area contributed by atoms with Crippen LogP contribution >= 0.6 is 11.3 Å². The molecule has 3 rings (SSSR count). The highest BCUT2D eigenvalue weighted by molar-refractivity contribution is 7.16. The minimum Gasteiger partial charge on any atom is -0.493 e. The van der Waals surface area contributed by atoms with E-state index in [4.69, 9.17) is 9.47 Å². The molecule has 0 amide bonds. The zero-order valence-corrected chi connectivity index (χ0v) is 13.0. The SMILES string of the molecule is COc1cccc(/C=C/c2nc3c(s2)NCCC3)c1OC. The molecule has 0 unspecified atom stereocenters. The summed E-state index contributed by atoms with van der Waals surface area (Å²) >= 11 is 1.70. The van der Waals surface area contributed by atoms with E-state index in [1.807, 2.05) is 30.4 Å². The number of fused-ring (bicyclic) bond motifs is 1. The van der Waals surface area contributed by atoms with Gasteiger partial charge in [-0.15, -0.1) is 0 Å². The third-order valence-electron chi connectivity index (χ3n) is 3.43. The average Bonchev–Trinajstić information content (AvgIpc) is 2.95. The van der Waals surface area contributed by atoms with Crippen molar-refractivity contribution in [3.05, 3.63) is 34.5 Å². The smallest absolute Gasteiger partial charge is 0.167 e. The molecule has 2 heterocycles. The fourth-order valence-electron chi connectivity index (χ4n) is 2.41. The molecule has 1 aromatic heterocycles. The van der Waals surface area contributed by atoms with Crippen molar-refractivity contribution < 1.29 is 9.47 Å². The van der Waals surface area contributed by atoms with Crippen molar-refractivity contribution in [3.63, 3.8) is 0 Å². The van der Waals surface area contributed by atoms with Gasteiger partial charge in [0.1, 0.15) is 10.0 Å². The molecule has 0 bridgehead atoms. The largest absolute Gasteiger partial charge is 0.493 e. The lowest BCUT2D eigenvalue weighted by Crippen LogP contribution is -2.09. The molecule has 0 radical (unpaired) electrons. The van der Waals surface area contributed by atoms with Gasteiger partial charge >= 0.3 is 0 Å². The van der Waals surface area contributed by atoms with Gasteiger partial charge in [-0.1, -0.05) is 23.5 Å². The Morgan fingerprint density at radius 3 is 2.90 bits per heavy atom. The summed E-state index contributed by atoms with van der Waals surface area (Å²) in [5, 5.41) is 5.62. The molecule has 4 nitrogen and oxygen atoms in total. The maximum atomic E-state index is 5.43. The predicted molar refractivity (Wildman–Crippen MR) is 87.4 cm³/mol. The standard InChI is InChI=1S/C16H18N2O2S/c1-19-13-7-3-5-11(15(13)20-2)8-9-14-18-12-6-4-10-17-16(12)21-14/h3,5,7-9,17H,4,6,10H2,1-2H3/b9-8+. The summed E-state index contributed by atoms with van der Waals surface area (Å²) in [4.78, 5) is 4.66. The molecule has 21 heavy (non-hydrogen) atoms. The predicted octanol–water partition coefficient (Wildman–Crippen LogP) is 3.69. The molecule has 1 aliphatic rings. The van der Waals surface area contributed by atoms with Gasteiger partial charge in [-0.3, -0.25) is 0 Å². The van der Waals surface area contributed by atoms with Crippen molar-refractivity contribution in [1.29, 1.82) is 0 Å². The summed E-state index contributed by atoms with van der Waals surface area (Å²) in [5.41, 5.74) is 2.17. The van der Waals surface area contributed by atoms with E-state index < -0.39 is 0 Å². The summed E-state index contributed by atoms with van der Waals surface area (Å²) in [6.45, 7) is 1.04. The Morgan fingerprint density at radius 2 is 2.14 bits per heavy atom. The Morgan fingerprint density at radius 1 is 1.24 bits per heavy atom. The van der Waals surface area contributed by atoms with Gasteiger partial charge in [-0.25, -0.2) is 4.98 Å². The molecule has 2 aromatic rings. The number of nitrogens with one attached hydrogen (secondary N) is 1. The van der Waals surface area contributed by atoms with Crippen LogP contribution in [0.25, 0.3) is 12.2 Å². The van der Waals surface area contributed by atoms with Crippen LogP contribution in [0.4, 0.5) is 5.00 Å². The normalized spacial score (nSPS) is 13.8.